The van der Waals surface area contributed by atoms with E-state index in [1.807, 2.05) is 42.5 Å². The largest absolute Gasteiger partial charge is 0.481 e. The van der Waals surface area contributed by atoms with Gasteiger partial charge in [-0.2, -0.15) is 18.3 Å². The first-order chi connectivity index (χ1) is 18.6. The van der Waals surface area contributed by atoms with Crippen LogP contribution in [-0.2, 0) is 15.8 Å². The van der Waals surface area contributed by atoms with E-state index in [1.165, 1.54) is 12.1 Å². The molecule has 1 amide bonds. The van der Waals surface area contributed by atoms with Gasteiger partial charge < -0.3 is 10.1 Å². The second kappa shape index (κ2) is 10.2. The summed E-state index contributed by atoms with van der Waals surface area (Å²) in [6, 6.07) is 20.0. The number of benzene rings is 3. The maximum absolute atomic E-state index is 13.5. The topological polar surface area (TPSA) is 103 Å². The number of halogens is 3. The van der Waals surface area contributed by atoms with Gasteiger partial charge in [-0.05, 0) is 29.3 Å². The molecule has 1 aliphatic heterocycles. The molecule has 198 valence electrons. The Morgan fingerprint density at radius 3 is 2.26 bits per heavy atom. The number of rotatable bonds is 6. The lowest BCUT2D eigenvalue weighted by Crippen LogP contribution is -2.27. The van der Waals surface area contributed by atoms with Gasteiger partial charge >= 0.3 is 12.1 Å². The molecule has 0 bridgehead atoms. The molecule has 5 rings (SSSR count). The number of aromatic nitrogens is 1. The van der Waals surface area contributed by atoms with Crippen molar-refractivity contribution in [3.63, 3.8) is 0 Å². The highest BCUT2D eigenvalue weighted by Crippen LogP contribution is 2.38. The average Bonchev–Trinajstić information content (AvgIpc) is 3.36. The molecule has 39 heavy (non-hydrogen) atoms. The number of hydrazone groups is 1. The van der Waals surface area contributed by atoms with Crippen LogP contribution in [0.25, 0.3) is 22.0 Å². The molecular formula is C29H22F3N3O4. The van der Waals surface area contributed by atoms with E-state index in [9.17, 15) is 27.6 Å². The number of alkyl halides is 3. The van der Waals surface area contributed by atoms with Gasteiger partial charge in [0.1, 0.15) is 0 Å². The van der Waals surface area contributed by atoms with Gasteiger partial charge in [-0.1, -0.05) is 60.7 Å². The van der Waals surface area contributed by atoms with Crippen molar-refractivity contribution in [3.05, 3.63) is 106 Å². The minimum Gasteiger partial charge on any atom is -0.481 e. The lowest BCUT2D eigenvalue weighted by molar-refractivity contribution is -0.141. The number of hydrogen-bond donors (Lipinski definition) is 2. The molecule has 1 aromatic heterocycles. The number of aromatic amines is 1. The Hall–Kier alpha value is -4.73. The molecular weight excluding hydrogens is 511 g/mol. The van der Waals surface area contributed by atoms with E-state index in [2.05, 4.69) is 10.1 Å². The molecule has 4 aromatic rings. The smallest absolute Gasteiger partial charge is 0.416 e. The number of nitrogens with one attached hydrogen (secondary N) is 1. The molecule has 0 radical (unpaired) electrons. The number of nitrogens with zero attached hydrogens (tertiary/aromatic N) is 2. The SMILES string of the molecule is O=C(O)CCC(=O)N1N=C(c2c(-c3ccccc3)c3ccccc3[nH]c2=O)CC1c1ccc(C(F)(F)F)cc1. The Balaban J connectivity index is 1.65. The van der Waals surface area contributed by atoms with Crippen LogP contribution in [0.4, 0.5) is 13.2 Å². The summed E-state index contributed by atoms with van der Waals surface area (Å²) in [4.78, 5) is 40.5. The maximum Gasteiger partial charge on any atom is 0.416 e. The first kappa shape index (κ1) is 25.9. The molecule has 0 aliphatic carbocycles. The third-order valence-corrected chi connectivity index (χ3v) is 6.61. The van der Waals surface area contributed by atoms with Gasteiger partial charge in [0, 0.05) is 29.3 Å². The van der Waals surface area contributed by atoms with Gasteiger partial charge in [0.05, 0.1) is 29.3 Å². The number of aliphatic carboxylic acids is 1. The van der Waals surface area contributed by atoms with Crippen molar-refractivity contribution in [2.45, 2.75) is 31.5 Å². The number of hydrogen-bond acceptors (Lipinski definition) is 4. The molecule has 1 unspecified atom stereocenters. The molecule has 0 saturated carbocycles. The first-order valence-corrected chi connectivity index (χ1v) is 12.1. The highest BCUT2D eigenvalue weighted by molar-refractivity contribution is 6.12. The molecule has 1 aliphatic rings. The summed E-state index contributed by atoms with van der Waals surface area (Å²) in [7, 11) is 0. The van der Waals surface area contributed by atoms with Gasteiger partial charge in [-0.25, -0.2) is 5.01 Å². The van der Waals surface area contributed by atoms with Gasteiger partial charge in [-0.3, -0.25) is 14.4 Å². The quantitative estimate of drug-likeness (QED) is 0.329. The van der Waals surface area contributed by atoms with Crippen LogP contribution in [0.2, 0.25) is 0 Å². The number of carboxylic acid groups (broad SMARTS) is 1. The summed E-state index contributed by atoms with van der Waals surface area (Å²) in [5.41, 5.74) is 1.59. The normalized spacial score (nSPS) is 15.4. The summed E-state index contributed by atoms with van der Waals surface area (Å²) in [5, 5.41) is 15.4. The lowest BCUT2D eigenvalue weighted by Gasteiger charge is -2.22. The second-order valence-corrected chi connectivity index (χ2v) is 9.13. The van der Waals surface area contributed by atoms with Crippen molar-refractivity contribution in [3.8, 4) is 11.1 Å². The number of carboxylic acids is 1. The Labute approximate surface area is 220 Å². The van der Waals surface area contributed by atoms with Crippen LogP contribution in [0.5, 0.6) is 0 Å². The first-order valence-electron chi connectivity index (χ1n) is 12.1. The number of H-pyrrole nitrogens is 1. The van der Waals surface area contributed by atoms with Crippen LogP contribution in [0.1, 0.15) is 42.0 Å². The van der Waals surface area contributed by atoms with Crippen molar-refractivity contribution in [2.24, 2.45) is 5.10 Å². The Bertz CT molecular complexity index is 1640. The average molecular weight is 534 g/mol. The second-order valence-electron chi connectivity index (χ2n) is 9.13. The van der Waals surface area contributed by atoms with Crippen LogP contribution in [0.3, 0.4) is 0 Å². The minimum atomic E-state index is -4.53. The number of carbonyl (C=O) groups excluding carboxylic acids is 1. The monoisotopic (exact) mass is 533 g/mol. The predicted molar refractivity (Wildman–Crippen MR) is 139 cm³/mol. The van der Waals surface area contributed by atoms with Crippen molar-refractivity contribution >= 4 is 28.5 Å². The maximum atomic E-state index is 13.5. The van der Waals surface area contributed by atoms with E-state index in [-0.39, 0.29) is 24.1 Å². The fourth-order valence-electron chi connectivity index (χ4n) is 4.80. The van der Waals surface area contributed by atoms with Crippen molar-refractivity contribution in [2.75, 3.05) is 0 Å². The Morgan fingerprint density at radius 2 is 1.59 bits per heavy atom. The summed E-state index contributed by atoms with van der Waals surface area (Å²) in [6.07, 6.45) is -5.28. The van der Waals surface area contributed by atoms with Gasteiger partial charge in [0.25, 0.3) is 5.56 Å². The fourth-order valence-corrected chi connectivity index (χ4v) is 4.80. The molecule has 2 N–H and O–H groups in total. The molecule has 0 fully saturated rings. The van der Waals surface area contributed by atoms with Crippen LogP contribution in [0.15, 0.2) is 88.8 Å². The summed E-state index contributed by atoms with van der Waals surface area (Å²) in [6.45, 7) is 0. The van der Waals surface area contributed by atoms with Gasteiger partial charge in [0.2, 0.25) is 5.91 Å². The van der Waals surface area contributed by atoms with Crippen molar-refractivity contribution in [1.82, 2.24) is 9.99 Å². The molecule has 10 heteroatoms. The van der Waals surface area contributed by atoms with E-state index in [0.29, 0.717) is 16.6 Å². The molecule has 2 heterocycles. The minimum absolute atomic E-state index is 0.0471. The number of carbonyl (C=O) groups is 2. The lowest BCUT2D eigenvalue weighted by atomic mass is 9.91. The van der Waals surface area contributed by atoms with Crippen molar-refractivity contribution < 1.29 is 27.9 Å². The van der Waals surface area contributed by atoms with Crippen molar-refractivity contribution in [1.29, 1.82) is 0 Å². The highest BCUT2D eigenvalue weighted by atomic mass is 19.4. The van der Waals surface area contributed by atoms with E-state index < -0.39 is 41.6 Å². The molecule has 0 spiro atoms. The molecule has 7 nitrogen and oxygen atoms in total. The molecule has 0 saturated heterocycles. The number of pyridine rings is 1. The Morgan fingerprint density at radius 1 is 0.923 bits per heavy atom. The zero-order chi connectivity index (χ0) is 27.7. The van der Waals surface area contributed by atoms with Crippen LogP contribution >= 0.6 is 0 Å². The molecule has 3 aromatic carbocycles. The summed E-state index contributed by atoms with van der Waals surface area (Å²) < 4.78 is 39.5. The van der Waals surface area contributed by atoms with E-state index in [4.69, 9.17) is 5.11 Å². The van der Waals surface area contributed by atoms with E-state index in [1.54, 1.807) is 12.1 Å². The zero-order valence-corrected chi connectivity index (χ0v) is 20.4. The highest BCUT2D eigenvalue weighted by Gasteiger charge is 2.36. The van der Waals surface area contributed by atoms with Gasteiger partial charge in [-0.15, -0.1) is 0 Å². The van der Waals surface area contributed by atoms with E-state index in [0.717, 1.165) is 28.1 Å². The Kier molecular flexibility index (Phi) is 6.78. The van der Waals surface area contributed by atoms with Crippen LogP contribution in [0, 0.1) is 0 Å². The number of fused-ring (bicyclic) bond motifs is 1. The third kappa shape index (κ3) is 5.18. The van der Waals surface area contributed by atoms with Crippen LogP contribution in [-0.4, -0.2) is 32.7 Å². The standard InChI is InChI=1S/C29H22F3N3O4/c30-29(31,32)19-12-10-17(11-13-19)23-16-22(34-35(23)24(36)14-15-25(37)38)27-26(18-6-2-1-3-7-18)20-8-4-5-9-21(20)33-28(27)39/h1-13,23H,14-16H2,(H,33,39)(H,37,38). The predicted octanol–water partition coefficient (Wildman–Crippen LogP) is 5.76. The fraction of sp³-hybridized carbons (Fsp3) is 0.172. The van der Waals surface area contributed by atoms with E-state index >= 15 is 0 Å². The number of amides is 1. The van der Waals surface area contributed by atoms with Gasteiger partial charge in [0.15, 0.2) is 0 Å². The van der Waals surface area contributed by atoms with Crippen LogP contribution < -0.4 is 5.56 Å². The third-order valence-electron chi connectivity index (χ3n) is 6.61. The summed E-state index contributed by atoms with van der Waals surface area (Å²) in [5.74, 6) is -1.79. The number of para-hydroxylation sites is 1. The summed E-state index contributed by atoms with van der Waals surface area (Å²) >= 11 is 0. The zero-order valence-electron chi connectivity index (χ0n) is 20.4. The molecule has 1 atom stereocenters.